The molecule has 8 nitrogen and oxygen atoms in total. The normalized spacial score (nSPS) is 12.0. The minimum atomic E-state index is -0.559. The Kier molecular flexibility index (Phi) is 5.62. The number of primary amides is 1. The number of hydrogen-bond donors (Lipinski definition) is 2. The summed E-state index contributed by atoms with van der Waals surface area (Å²) < 4.78 is 15.8. The van der Waals surface area contributed by atoms with Crippen molar-refractivity contribution in [1.29, 1.82) is 0 Å². The molecule has 0 bridgehead atoms. The summed E-state index contributed by atoms with van der Waals surface area (Å²) in [4.78, 5) is 15.3. The molecule has 2 aromatic rings. The second-order valence-electron chi connectivity index (χ2n) is 5.63. The molecular formula is C16H22N4O4. The first kappa shape index (κ1) is 17.6. The quantitative estimate of drug-likeness (QED) is 0.761. The lowest BCUT2D eigenvalue weighted by molar-refractivity contribution is -0.119. The number of amides is 1. The Morgan fingerprint density at radius 3 is 2.67 bits per heavy atom. The highest BCUT2D eigenvalue weighted by molar-refractivity contribution is 5.75. The second kappa shape index (κ2) is 7.67. The highest BCUT2D eigenvalue weighted by Gasteiger charge is 2.16. The maximum atomic E-state index is 10.9. The fourth-order valence-electron chi connectivity index (χ4n) is 2.00. The third-order valence-electron chi connectivity index (χ3n) is 3.26. The van der Waals surface area contributed by atoms with Crippen molar-refractivity contribution in [3.63, 3.8) is 0 Å². The molecule has 0 saturated carbocycles. The molecule has 0 spiro atoms. The first-order valence-corrected chi connectivity index (χ1v) is 7.60. The predicted octanol–water partition coefficient (Wildman–Crippen LogP) is 2.24. The van der Waals surface area contributed by atoms with E-state index in [9.17, 15) is 4.79 Å². The largest absolute Gasteiger partial charge is 0.493 e. The van der Waals surface area contributed by atoms with Crippen LogP contribution < -0.4 is 20.5 Å². The predicted molar refractivity (Wildman–Crippen MR) is 88.1 cm³/mol. The first-order chi connectivity index (χ1) is 11.4. The van der Waals surface area contributed by atoms with Gasteiger partial charge in [0.1, 0.15) is 6.04 Å². The van der Waals surface area contributed by atoms with Gasteiger partial charge in [0.15, 0.2) is 23.9 Å². The number of anilines is 1. The molecule has 1 amide bonds. The van der Waals surface area contributed by atoms with Gasteiger partial charge in [0.05, 0.1) is 7.11 Å². The van der Waals surface area contributed by atoms with Crippen LogP contribution in [-0.4, -0.2) is 29.8 Å². The van der Waals surface area contributed by atoms with Crippen LogP contribution in [0.3, 0.4) is 0 Å². The number of hydrogen-bond acceptors (Lipinski definition) is 7. The number of methoxy groups -OCH3 is 1. The van der Waals surface area contributed by atoms with Gasteiger partial charge in [0.25, 0.3) is 5.91 Å². The number of carbonyl (C=O) groups excluding carboxylic acids is 1. The lowest BCUT2D eigenvalue weighted by atomic mass is 10.2. The van der Waals surface area contributed by atoms with Crippen molar-refractivity contribution < 1.29 is 18.8 Å². The molecule has 1 aromatic heterocycles. The van der Waals surface area contributed by atoms with Gasteiger partial charge in [0.2, 0.25) is 5.89 Å². The molecule has 1 unspecified atom stereocenters. The number of nitrogens with two attached hydrogens (primary N) is 1. The summed E-state index contributed by atoms with van der Waals surface area (Å²) in [7, 11) is 1.52. The van der Waals surface area contributed by atoms with Gasteiger partial charge in [0, 0.05) is 17.7 Å². The molecule has 8 heteroatoms. The number of ether oxygens (including phenoxy) is 2. The summed E-state index contributed by atoms with van der Waals surface area (Å²) >= 11 is 0. The fourth-order valence-corrected chi connectivity index (χ4v) is 2.00. The van der Waals surface area contributed by atoms with Crippen molar-refractivity contribution in [3.05, 3.63) is 29.9 Å². The summed E-state index contributed by atoms with van der Waals surface area (Å²) in [5, 5.41) is 7.19. The van der Waals surface area contributed by atoms with Crippen LogP contribution in [0.1, 0.15) is 44.4 Å². The minimum Gasteiger partial charge on any atom is -0.493 e. The van der Waals surface area contributed by atoms with Crippen LogP contribution in [-0.2, 0) is 4.79 Å². The van der Waals surface area contributed by atoms with E-state index >= 15 is 0 Å². The zero-order valence-corrected chi connectivity index (χ0v) is 14.2. The number of rotatable bonds is 8. The molecule has 0 radical (unpaired) electrons. The van der Waals surface area contributed by atoms with E-state index in [0.717, 1.165) is 5.69 Å². The maximum Gasteiger partial charge on any atom is 0.255 e. The van der Waals surface area contributed by atoms with E-state index in [0.29, 0.717) is 23.2 Å². The summed E-state index contributed by atoms with van der Waals surface area (Å²) in [6.45, 7) is 5.68. The molecule has 1 aromatic carbocycles. The maximum absolute atomic E-state index is 10.9. The van der Waals surface area contributed by atoms with Crippen molar-refractivity contribution in [2.45, 2.75) is 32.7 Å². The second-order valence-corrected chi connectivity index (χ2v) is 5.63. The molecule has 1 heterocycles. The zero-order chi connectivity index (χ0) is 17.7. The third kappa shape index (κ3) is 4.37. The van der Waals surface area contributed by atoms with E-state index in [2.05, 4.69) is 15.5 Å². The smallest absolute Gasteiger partial charge is 0.255 e. The Balaban J connectivity index is 2.12. The van der Waals surface area contributed by atoms with Crippen molar-refractivity contribution in [2.75, 3.05) is 19.0 Å². The Bertz CT molecular complexity index is 699. The monoisotopic (exact) mass is 334 g/mol. The number of benzene rings is 1. The number of nitrogens with zero attached hydrogens (tertiary/aromatic N) is 2. The van der Waals surface area contributed by atoms with Crippen molar-refractivity contribution >= 4 is 11.6 Å². The molecule has 2 rings (SSSR count). The standard InChI is InChI=1S/C16H22N4O4/c1-9(2)15-19-16(24-20-15)10(3)18-11-5-6-12(22-4)13(7-11)23-8-14(17)21/h5-7,9-10,18H,8H2,1-4H3,(H2,17,21). The van der Waals surface area contributed by atoms with E-state index in [4.69, 9.17) is 19.7 Å². The molecule has 130 valence electrons. The van der Waals surface area contributed by atoms with Crippen LogP contribution >= 0.6 is 0 Å². The van der Waals surface area contributed by atoms with Crippen molar-refractivity contribution in [3.8, 4) is 11.5 Å². The van der Waals surface area contributed by atoms with Crippen LogP contribution in [0.2, 0.25) is 0 Å². The third-order valence-corrected chi connectivity index (χ3v) is 3.26. The number of nitrogens with one attached hydrogen (secondary N) is 1. The van der Waals surface area contributed by atoms with Gasteiger partial charge in [-0.05, 0) is 19.1 Å². The van der Waals surface area contributed by atoms with Crippen LogP contribution in [0.4, 0.5) is 5.69 Å². The van der Waals surface area contributed by atoms with Gasteiger partial charge in [-0.3, -0.25) is 4.79 Å². The Hall–Kier alpha value is -2.77. The Morgan fingerprint density at radius 2 is 2.08 bits per heavy atom. The molecule has 0 saturated heterocycles. The summed E-state index contributed by atoms with van der Waals surface area (Å²) in [5.74, 6) is 1.73. The van der Waals surface area contributed by atoms with Gasteiger partial charge in [-0.2, -0.15) is 4.98 Å². The van der Waals surface area contributed by atoms with E-state index in [1.807, 2.05) is 26.8 Å². The molecule has 24 heavy (non-hydrogen) atoms. The highest BCUT2D eigenvalue weighted by Crippen LogP contribution is 2.31. The van der Waals surface area contributed by atoms with Crippen molar-refractivity contribution in [2.24, 2.45) is 5.73 Å². The molecule has 0 aliphatic carbocycles. The van der Waals surface area contributed by atoms with E-state index in [-0.39, 0.29) is 18.6 Å². The van der Waals surface area contributed by atoms with E-state index in [1.165, 1.54) is 7.11 Å². The van der Waals surface area contributed by atoms with Gasteiger partial charge in [-0.25, -0.2) is 0 Å². The minimum absolute atomic E-state index is 0.192. The van der Waals surface area contributed by atoms with E-state index in [1.54, 1.807) is 12.1 Å². The Morgan fingerprint density at radius 1 is 1.33 bits per heavy atom. The average Bonchev–Trinajstić information content (AvgIpc) is 3.03. The number of carbonyl (C=O) groups is 1. The van der Waals surface area contributed by atoms with Gasteiger partial charge >= 0.3 is 0 Å². The highest BCUT2D eigenvalue weighted by atomic mass is 16.5. The molecule has 0 aliphatic rings. The first-order valence-electron chi connectivity index (χ1n) is 7.60. The lowest BCUT2D eigenvalue weighted by Gasteiger charge is -2.15. The topological polar surface area (TPSA) is 112 Å². The SMILES string of the molecule is COc1ccc(NC(C)c2nc(C(C)C)no2)cc1OCC(N)=O. The van der Waals surface area contributed by atoms with Crippen molar-refractivity contribution in [1.82, 2.24) is 10.1 Å². The van der Waals surface area contributed by atoms with Crippen LogP contribution in [0, 0.1) is 0 Å². The number of aromatic nitrogens is 2. The van der Waals surface area contributed by atoms with Gasteiger partial charge in [-0.1, -0.05) is 19.0 Å². The van der Waals surface area contributed by atoms with Crippen LogP contribution in [0.15, 0.2) is 22.7 Å². The molecule has 0 fully saturated rings. The molecular weight excluding hydrogens is 312 g/mol. The summed E-state index contributed by atoms with van der Waals surface area (Å²) in [6, 6.07) is 5.09. The van der Waals surface area contributed by atoms with Gasteiger partial charge in [-0.15, -0.1) is 0 Å². The Labute approximate surface area is 140 Å². The molecule has 3 N–H and O–H groups in total. The lowest BCUT2D eigenvalue weighted by Crippen LogP contribution is -2.20. The van der Waals surface area contributed by atoms with Gasteiger partial charge < -0.3 is 25.0 Å². The average molecular weight is 334 g/mol. The molecule has 0 aliphatic heterocycles. The van der Waals surface area contributed by atoms with Crippen LogP contribution in [0.25, 0.3) is 0 Å². The van der Waals surface area contributed by atoms with Crippen LogP contribution in [0.5, 0.6) is 11.5 Å². The van der Waals surface area contributed by atoms with E-state index < -0.39 is 5.91 Å². The summed E-state index contributed by atoms with van der Waals surface area (Å²) in [6.07, 6.45) is 0. The zero-order valence-electron chi connectivity index (χ0n) is 14.2. The molecule has 1 atom stereocenters. The summed E-state index contributed by atoms with van der Waals surface area (Å²) in [5.41, 5.74) is 5.86. The fraction of sp³-hybridized carbons (Fsp3) is 0.438.